The quantitative estimate of drug-likeness (QED) is 0.598. The second kappa shape index (κ2) is 6.28. The molecule has 8 heteroatoms. The fourth-order valence-electron chi connectivity index (χ4n) is 3.44. The molecule has 0 spiro atoms. The number of hydrogen-bond acceptors (Lipinski definition) is 6. The smallest absolute Gasteiger partial charge is 0.349 e. The number of thioether (sulfide) groups is 1. The average Bonchev–Trinajstić information content (AvgIpc) is 3.36. The Balaban J connectivity index is 1.41. The van der Waals surface area contributed by atoms with Gasteiger partial charge >= 0.3 is 5.97 Å². The molecular formula is C18H21N3O4S. The number of nitrogens with one attached hydrogen (secondary N) is 1. The maximum absolute atomic E-state index is 12.6. The zero-order chi connectivity index (χ0) is 18.5. The Morgan fingerprint density at radius 1 is 1.27 bits per heavy atom. The van der Waals surface area contributed by atoms with Gasteiger partial charge in [0.2, 0.25) is 11.8 Å². The van der Waals surface area contributed by atoms with E-state index in [4.69, 9.17) is 4.84 Å². The summed E-state index contributed by atoms with van der Waals surface area (Å²) in [7, 11) is 0. The molecule has 3 aliphatic heterocycles. The van der Waals surface area contributed by atoms with Gasteiger partial charge in [0.25, 0.3) is 0 Å². The van der Waals surface area contributed by atoms with Crippen molar-refractivity contribution in [2.75, 3.05) is 13.1 Å². The van der Waals surface area contributed by atoms with Crippen LogP contribution in [0.5, 0.6) is 0 Å². The van der Waals surface area contributed by atoms with Gasteiger partial charge in [-0.1, -0.05) is 30.3 Å². The second-order valence-electron chi connectivity index (χ2n) is 7.31. The average molecular weight is 375 g/mol. The van der Waals surface area contributed by atoms with E-state index in [0.717, 1.165) is 18.7 Å². The standard InChI is InChI=1S/C18H21N3O4S/c1-18(2)14(17(24)25-20-8-9-20)21-15(23)13(16(21)26-18)19-12(22)10-11-6-4-3-5-7-11/h3-7,13-14,16H,8-10H2,1-2H3,(H,19,22)/t13-,14?,16?/m1/s1. The van der Waals surface area contributed by atoms with Gasteiger partial charge in [-0.15, -0.1) is 16.8 Å². The number of carbonyl (C=O) groups excluding carboxylic acids is 3. The maximum atomic E-state index is 12.6. The van der Waals surface area contributed by atoms with Crippen molar-refractivity contribution in [3.05, 3.63) is 35.9 Å². The molecule has 4 rings (SSSR count). The first-order valence-corrected chi connectivity index (χ1v) is 9.55. The number of hydroxylamine groups is 2. The highest BCUT2D eigenvalue weighted by atomic mass is 32.2. The lowest BCUT2D eigenvalue weighted by Crippen LogP contribution is -2.70. The summed E-state index contributed by atoms with van der Waals surface area (Å²) in [5.41, 5.74) is 0.896. The summed E-state index contributed by atoms with van der Waals surface area (Å²) in [4.78, 5) is 44.2. The molecule has 26 heavy (non-hydrogen) atoms. The van der Waals surface area contributed by atoms with Gasteiger partial charge in [-0.25, -0.2) is 4.79 Å². The van der Waals surface area contributed by atoms with E-state index in [0.29, 0.717) is 0 Å². The van der Waals surface area contributed by atoms with Crippen LogP contribution >= 0.6 is 11.8 Å². The molecule has 1 N–H and O–H groups in total. The first-order chi connectivity index (χ1) is 12.4. The summed E-state index contributed by atoms with van der Waals surface area (Å²) < 4.78 is -0.466. The SMILES string of the molecule is CC1(C)SC2[C@H](NC(=O)Cc3ccccc3)C(=O)N2C1C(=O)ON1CC1. The molecule has 7 nitrogen and oxygen atoms in total. The third-order valence-electron chi connectivity index (χ3n) is 4.81. The molecule has 3 heterocycles. The molecule has 3 atom stereocenters. The minimum absolute atomic E-state index is 0.192. The van der Waals surface area contributed by atoms with E-state index in [1.165, 1.54) is 11.8 Å². The van der Waals surface area contributed by atoms with Gasteiger partial charge in [0.05, 0.1) is 19.5 Å². The van der Waals surface area contributed by atoms with Gasteiger partial charge in [-0.05, 0) is 19.4 Å². The van der Waals surface area contributed by atoms with E-state index >= 15 is 0 Å². The molecule has 1 aromatic rings. The van der Waals surface area contributed by atoms with Crippen molar-refractivity contribution in [2.24, 2.45) is 0 Å². The van der Waals surface area contributed by atoms with Gasteiger partial charge in [-0.3, -0.25) is 9.59 Å². The summed E-state index contributed by atoms with van der Waals surface area (Å²) >= 11 is 1.53. The molecule has 0 aliphatic carbocycles. The zero-order valence-electron chi connectivity index (χ0n) is 14.7. The molecule has 0 radical (unpaired) electrons. The molecule has 0 bridgehead atoms. The van der Waals surface area contributed by atoms with Crippen molar-refractivity contribution in [1.29, 1.82) is 0 Å². The Kier molecular flexibility index (Phi) is 4.19. The largest absolute Gasteiger partial charge is 0.366 e. The fraction of sp³-hybridized carbons (Fsp3) is 0.500. The Morgan fingerprint density at radius 2 is 1.96 bits per heavy atom. The Bertz CT molecular complexity index is 750. The predicted octanol–water partition coefficient (Wildman–Crippen LogP) is 0.550. The molecular weight excluding hydrogens is 354 g/mol. The normalized spacial score (nSPS) is 28.9. The molecule has 2 amide bonds. The fourth-order valence-corrected chi connectivity index (χ4v) is 5.06. The molecule has 1 aromatic carbocycles. The predicted molar refractivity (Wildman–Crippen MR) is 95.8 cm³/mol. The molecule has 3 saturated heterocycles. The summed E-state index contributed by atoms with van der Waals surface area (Å²) in [6.07, 6.45) is 0.228. The van der Waals surface area contributed by atoms with E-state index in [1.54, 1.807) is 9.96 Å². The van der Waals surface area contributed by atoms with Crippen LogP contribution in [0.25, 0.3) is 0 Å². The van der Waals surface area contributed by atoms with Crippen molar-refractivity contribution in [2.45, 2.75) is 42.5 Å². The minimum atomic E-state index is -0.632. The van der Waals surface area contributed by atoms with E-state index in [9.17, 15) is 14.4 Å². The van der Waals surface area contributed by atoms with Crippen LogP contribution in [0.2, 0.25) is 0 Å². The lowest BCUT2D eigenvalue weighted by atomic mass is 9.96. The molecule has 0 aromatic heterocycles. The zero-order valence-corrected chi connectivity index (χ0v) is 15.5. The first kappa shape index (κ1) is 17.4. The number of carbonyl (C=O) groups is 3. The minimum Gasteiger partial charge on any atom is -0.366 e. The Morgan fingerprint density at radius 3 is 2.62 bits per heavy atom. The summed E-state index contributed by atoms with van der Waals surface area (Å²) in [6, 6.07) is 8.18. The van der Waals surface area contributed by atoms with Gasteiger partial charge in [0, 0.05) is 4.75 Å². The maximum Gasteiger partial charge on any atom is 0.349 e. The van der Waals surface area contributed by atoms with Crippen molar-refractivity contribution in [3.8, 4) is 0 Å². The van der Waals surface area contributed by atoms with Crippen LogP contribution in [0.1, 0.15) is 19.4 Å². The summed E-state index contributed by atoms with van der Waals surface area (Å²) in [5.74, 6) is -0.810. The van der Waals surface area contributed by atoms with Crippen LogP contribution in [0, 0.1) is 0 Å². The molecule has 138 valence electrons. The third kappa shape index (κ3) is 3.07. The Labute approximate surface area is 156 Å². The van der Waals surface area contributed by atoms with Gasteiger partial charge in [0.1, 0.15) is 17.5 Å². The summed E-state index contributed by atoms with van der Waals surface area (Å²) in [5, 5.41) is 4.16. The van der Waals surface area contributed by atoms with Gasteiger partial charge in [-0.2, -0.15) is 0 Å². The van der Waals surface area contributed by atoms with Crippen molar-refractivity contribution >= 4 is 29.5 Å². The second-order valence-corrected chi connectivity index (χ2v) is 9.08. The highest BCUT2D eigenvalue weighted by Crippen LogP contribution is 2.51. The van der Waals surface area contributed by atoms with Crippen LogP contribution in [0.3, 0.4) is 0 Å². The molecule has 3 aliphatic rings. The molecule has 2 unspecified atom stereocenters. The number of amides is 2. The molecule has 0 saturated carbocycles. The topological polar surface area (TPSA) is 78.7 Å². The number of β-lactam (4-membered cyclic amide) rings is 1. The van der Waals surface area contributed by atoms with E-state index in [2.05, 4.69) is 5.32 Å². The van der Waals surface area contributed by atoms with Crippen molar-refractivity contribution < 1.29 is 19.2 Å². The van der Waals surface area contributed by atoms with Gasteiger partial charge < -0.3 is 15.1 Å². The summed E-state index contributed by atoms with van der Waals surface area (Å²) in [6.45, 7) is 5.34. The number of hydrogen-bond donors (Lipinski definition) is 1. The van der Waals surface area contributed by atoms with Crippen molar-refractivity contribution in [1.82, 2.24) is 15.3 Å². The van der Waals surface area contributed by atoms with Gasteiger partial charge in [0.15, 0.2) is 0 Å². The van der Waals surface area contributed by atoms with Crippen molar-refractivity contribution in [3.63, 3.8) is 0 Å². The first-order valence-electron chi connectivity index (χ1n) is 8.67. The van der Waals surface area contributed by atoms with Crippen LogP contribution in [-0.2, 0) is 25.6 Å². The monoisotopic (exact) mass is 375 g/mol. The van der Waals surface area contributed by atoms with Crippen LogP contribution in [-0.4, -0.2) is 63.0 Å². The van der Waals surface area contributed by atoms with Crippen LogP contribution in [0.4, 0.5) is 0 Å². The molecule has 3 fully saturated rings. The number of fused-ring (bicyclic) bond motifs is 1. The lowest BCUT2D eigenvalue weighted by Gasteiger charge is -2.43. The van der Waals surface area contributed by atoms with E-state index in [1.807, 2.05) is 44.2 Å². The van der Waals surface area contributed by atoms with E-state index < -0.39 is 22.8 Å². The van der Waals surface area contributed by atoms with Crippen LogP contribution in [0.15, 0.2) is 30.3 Å². The Hall–Kier alpha value is -2.06. The number of rotatable bonds is 5. The van der Waals surface area contributed by atoms with E-state index in [-0.39, 0.29) is 23.6 Å². The number of benzene rings is 1. The van der Waals surface area contributed by atoms with Crippen LogP contribution < -0.4 is 5.32 Å². The highest BCUT2D eigenvalue weighted by Gasteiger charge is 2.64. The third-order valence-corrected chi connectivity index (χ3v) is 6.39. The number of nitrogens with zero attached hydrogens (tertiary/aromatic N) is 2. The highest BCUT2D eigenvalue weighted by molar-refractivity contribution is 8.01. The lowest BCUT2D eigenvalue weighted by molar-refractivity contribution is -0.180.